The molecule has 0 unspecified atom stereocenters. The van der Waals surface area contributed by atoms with Crippen molar-refractivity contribution in [1.82, 2.24) is 9.55 Å². The molecular weight excluding hydrogens is 743 g/mol. The van der Waals surface area contributed by atoms with Crippen LogP contribution in [0.2, 0.25) is 0 Å². The van der Waals surface area contributed by atoms with Gasteiger partial charge in [0.05, 0.1) is 28.8 Å². The molecule has 0 saturated carbocycles. The van der Waals surface area contributed by atoms with E-state index < -0.39 is 0 Å². The predicted molar refractivity (Wildman–Crippen MR) is 256 cm³/mol. The van der Waals surface area contributed by atoms with Gasteiger partial charge in [0.2, 0.25) is 0 Å². The number of aliphatic imine (C=N–C) groups is 2. The van der Waals surface area contributed by atoms with E-state index in [1.54, 1.807) is 0 Å². The van der Waals surface area contributed by atoms with Crippen LogP contribution in [-0.2, 0) is 6.54 Å². The normalized spacial score (nSPS) is 12.3. The Labute approximate surface area is 353 Å². The Hall–Kier alpha value is -8.15. The van der Waals surface area contributed by atoms with Crippen LogP contribution in [0.25, 0.3) is 82.3 Å². The number of para-hydroxylation sites is 2. The van der Waals surface area contributed by atoms with Crippen molar-refractivity contribution in [1.29, 1.82) is 0 Å². The highest BCUT2D eigenvalue weighted by Gasteiger charge is 2.18. The maximum absolute atomic E-state index is 6.55. The summed E-state index contributed by atoms with van der Waals surface area (Å²) in [5.41, 5.74) is 18.2. The van der Waals surface area contributed by atoms with Gasteiger partial charge < -0.3 is 10.3 Å². The molecule has 288 valence electrons. The molecule has 2 heterocycles. The SMILES string of the molecule is NC(=NC(=NCc1ccccc1)c1ccc2cc(-c3ccc4c5cc6c(-c7ccccc7)nc7ccccc7c6cc5n(-c5ccccc5)c4c3)ccc2c1)c1ccccc1. The average Bonchev–Trinajstić information content (AvgIpc) is 3.65. The van der Waals surface area contributed by atoms with Gasteiger partial charge in [-0.05, 0) is 81.4 Å². The van der Waals surface area contributed by atoms with E-state index in [1.807, 2.05) is 48.5 Å². The minimum atomic E-state index is 0.431. The zero-order chi connectivity index (χ0) is 40.7. The first kappa shape index (κ1) is 36.0. The number of fused-ring (bicyclic) bond motifs is 7. The van der Waals surface area contributed by atoms with E-state index in [1.165, 1.54) is 16.2 Å². The maximum atomic E-state index is 6.55. The Morgan fingerprint density at radius 3 is 1.90 bits per heavy atom. The summed E-state index contributed by atoms with van der Waals surface area (Å²) in [7, 11) is 0. The first-order chi connectivity index (χ1) is 30.1. The lowest BCUT2D eigenvalue weighted by molar-refractivity contribution is 1.06. The van der Waals surface area contributed by atoms with Crippen LogP contribution in [0.1, 0.15) is 16.7 Å². The van der Waals surface area contributed by atoms with Gasteiger partial charge >= 0.3 is 0 Å². The third kappa shape index (κ3) is 6.68. The van der Waals surface area contributed by atoms with Crippen molar-refractivity contribution in [2.75, 3.05) is 0 Å². The van der Waals surface area contributed by atoms with Crippen molar-refractivity contribution in [3.8, 4) is 28.1 Å². The zero-order valence-corrected chi connectivity index (χ0v) is 33.3. The minimum Gasteiger partial charge on any atom is -0.383 e. The Morgan fingerprint density at radius 2 is 1.10 bits per heavy atom. The molecule has 0 bridgehead atoms. The smallest absolute Gasteiger partial charge is 0.157 e. The van der Waals surface area contributed by atoms with Crippen molar-refractivity contribution >= 4 is 65.9 Å². The van der Waals surface area contributed by atoms with Crippen LogP contribution >= 0.6 is 0 Å². The second-order valence-corrected chi connectivity index (χ2v) is 15.4. The van der Waals surface area contributed by atoms with Crippen LogP contribution in [0.3, 0.4) is 0 Å². The Morgan fingerprint density at radius 1 is 0.459 bits per heavy atom. The van der Waals surface area contributed by atoms with Gasteiger partial charge in [0.1, 0.15) is 5.84 Å². The van der Waals surface area contributed by atoms with Crippen molar-refractivity contribution in [3.05, 3.63) is 229 Å². The van der Waals surface area contributed by atoms with Crippen molar-refractivity contribution in [2.45, 2.75) is 6.54 Å². The number of hydrogen-bond acceptors (Lipinski definition) is 2. The van der Waals surface area contributed by atoms with E-state index >= 15 is 0 Å². The number of nitrogens with zero attached hydrogens (tertiary/aromatic N) is 4. The van der Waals surface area contributed by atoms with E-state index in [0.29, 0.717) is 18.2 Å². The number of aromatic nitrogens is 2. The van der Waals surface area contributed by atoms with Gasteiger partial charge in [-0.2, -0.15) is 0 Å². The van der Waals surface area contributed by atoms with E-state index in [-0.39, 0.29) is 0 Å². The second kappa shape index (κ2) is 15.2. The summed E-state index contributed by atoms with van der Waals surface area (Å²) in [6, 6.07) is 74.5. The average molecular weight is 782 g/mol. The molecule has 2 aromatic heterocycles. The van der Waals surface area contributed by atoms with Crippen molar-refractivity contribution in [2.24, 2.45) is 15.7 Å². The summed E-state index contributed by atoms with van der Waals surface area (Å²) in [5, 5.41) is 8.09. The van der Waals surface area contributed by atoms with Gasteiger partial charge in [-0.25, -0.2) is 9.98 Å². The topological polar surface area (TPSA) is 68.6 Å². The molecule has 0 amide bonds. The van der Waals surface area contributed by atoms with Crippen molar-refractivity contribution < 1.29 is 0 Å². The molecule has 0 atom stereocenters. The molecule has 61 heavy (non-hydrogen) atoms. The summed E-state index contributed by atoms with van der Waals surface area (Å²) >= 11 is 0. The lowest BCUT2D eigenvalue weighted by Crippen LogP contribution is -2.16. The lowest BCUT2D eigenvalue weighted by atomic mass is 9.97. The number of amidine groups is 2. The van der Waals surface area contributed by atoms with Crippen LogP contribution in [0.15, 0.2) is 222 Å². The van der Waals surface area contributed by atoms with Gasteiger partial charge in [-0.15, -0.1) is 0 Å². The molecule has 0 aliphatic carbocycles. The Bertz CT molecular complexity index is 3480. The molecule has 0 fully saturated rings. The van der Waals surface area contributed by atoms with Gasteiger partial charge in [0.25, 0.3) is 0 Å². The third-order valence-corrected chi connectivity index (χ3v) is 11.6. The van der Waals surface area contributed by atoms with Gasteiger partial charge in [-0.1, -0.05) is 164 Å². The maximum Gasteiger partial charge on any atom is 0.157 e. The number of pyridine rings is 1. The molecule has 5 nitrogen and oxygen atoms in total. The van der Waals surface area contributed by atoms with Crippen LogP contribution in [-0.4, -0.2) is 21.2 Å². The summed E-state index contributed by atoms with van der Waals surface area (Å²) in [5.74, 6) is 1.03. The molecule has 0 aliphatic rings. The molecule has 2 N–H and O–H groups in total. The fourth-order valence-corrected chi connectivity index (χ4v) is 8.61. The number of rotatable bonds is 7. The molecule has 11 rings (SSSR count). The van der Waals surface area contributed by atoms with E-state index in [0.717, 1.165) is 82.9 Å². The fourth-order valence-electron chi connectivity index (χ4n) is 8.61. The first-order valence-electron chi connectivity index (χ1n) is 20.6. The molecule has 0 spiro atoms. The minimum absolute atomic E-state index is 0.431. The van der Waals surface area contributed by atoms with E-state index in [4.69, 9.17) is 20.7 Å². The van der Waals surface area contributed by atoms with Crippen LogP contribution in [0.5, 0.6) is 0 Å². The quantitative estimate of drug-likeness (QED) is 0.0994. The van der Waals surface area contributed by atoms with Gasteiger partial charge in [0.15, 0.2) is 5.84 Å². The predicted octanol–water partition coefficient (Wildman–Crippen LogP) is 13.3. The van der Waals surface area contributed by atoms with Crippen LogP contribution in [0.4, 0.5) is 0 Å². The molecule has 9 aromatic carbocycles. The molecule has 0 radical (unpaired) electrons. The molecule has 11 aromatic rings. The Balaban J connectivity index is 1.04. The third-order valence-electron chi connectivity index (χ3n) is 11.6. The van der Waals surface area contributed by atoms with Gasteiger partial charge in [0, 0.05) is 43.9 Å². The highest BCUT2D eigenvalue weighted by molar-refractivity contribution is 6.20. The van der Waals surface area contributed by atoms with Crippen LogP contribution < -0.4 is 5.73 Å². The molecule has 5 heteroatoms. The fraction of sp³-hybridized carbons (Fsp3) is 0.0179. The molecule has 0 aliphatic heterocycles. The monoisotopic (exact) mass is 781 g/mol. The largest absolute Gasteiger partial charge is 0.383 e. The van der Waals surface area contributed by atoms with E-state index in [2.05, 4.69) is 168 Å². The number of hydrogen-bond donors (Lipinski definition) is 1. The van der Waals surface area contributed by atoms with Crippen molar-refractivity contribution in [3.63, 3.8) is 0 Å². The standard InChI is InChI=1S/C56H39N5/c57-55(39-19-9-3-10-20-39)60-56(58-36-37-15-5-1-6-16-37)44-28-27-40-31-41(25-26-42(40)32-44)43-29-30-47-49-34-50-48(35-53(49)61(52(47)33-43)45-21-11-4-12-22-45)46-23-13-14-24-51(46)59-54(50)38-17-7-2-8-18-38/h1-35H,36H2,(H2,57,58,60). The highest BCUT2D eigenvalue weighted by atomic mass is 15.0. The second-order valence-electron chi connectivity index (χ2n) is 15.4. The summed E-state index contributed by atoms with van der Waals surface area (Å²) in [6.07, 6.45) is 0. The molecular formula is C56H39N5. The summed E-state index contributed by atoms with van der Waals surface area (Å²) < 4.78 is 2.41. The van der Waals surface area contributed by atoms with E-state index in [9.17, 15) is 0 Å². The van der Waals surface area contributed by atoms with Gasteiger partial charge in [-0.3, -0.25) is 4.99 Å². The summed E-state index contributed by atoms with van der Waals surface area (Å²) in [6.45, 7) is 0.499. The summed E-state index contributed by atoms with van der Waals surface area (Å²) in [4.78, 5) is 15.1. The molecule has 0 saturated heterocycles. The first-order valence-corrected chi connectivity index (χ1v) is 20.6. The van der Waals surface area contributed by atoms with Crippen LogP contribution in [0, 0.1) is 0 Å². The lowest BCUT2D eigenvalue weighted by Gasteiger charge is -2.12. The highest BCUT2D eigenvalue weighted by Crippen LogP contribution is 2.41. The number of benzene rings is 9. The zero-order valence-electron chi connectivity index (χ0n) is 33.3. The number of nitrogens with two attached hydrogens (primary N) is 1. The Kier molecular flexibility index (Phi) is 8.98.